The summed E-state index contributed by atoms with van der Waals surface area (Å²) in [6, 6.07) is -0.547. The molecule has 7 nitrogen and oxygen atoms in total. The second-order valence-corrected chi connectivity index (χ2v) is 6.85. The molecule has 1 fully saturated rings. The van der Waals surface area contributed by atoms with Crippen molar-refractivity contribution in [2.75, 3.05) is 6.61 Å². The molecule has 0 radical (unpaired) electrons. The maximum atomic E-state index is 10.1. The highest BCUT2D eigenvalue weighted by Crippen LogP contribution is 2.20. The predicted molar refractivity (Wildman–Crippen MR) is 96.4 cm³/mol. The normalized spacial score (nSPS) is 27.2. The molecule has 5 atom stereocenters. The lowest BCUT2D eigenvalue weighted by atomic mass is 9.89. The van der Waals surface area contributed by atoms with Gasteiger partial charge < -0.3 is 30.8 Å². The molecule has 0 aromatic carbocycles. The first-order valence-corrected chi connectivity index (χ1v) is 9.49. The number of nitrogens with one attached hydrogen (secondary N) is 1. The number of unbranched alkanes of at least 4 members (excludes halogenated alkanes) is 6. The number of carbonyl (C=O) groups is 1. The Kier molecular flexibility index (Phi) is 15.1. The molecule has 0 spiro atoms. The largest absolute Gasteiger partial charge is 0.483 e. The van der Waals surface area contributed by atoms with Crippen molar-refractivity contribution in [1.82, 2.24) is 5.32 Å². The SMILES string of the molecule is CCCCCCCCC[C@@H](O)C[C@@H]1C[C@@H](O)[C@H](O)[C@H](CO)N1.O=CO. The number of rotatable bonds is 11. The van der Waals surface area contributed by atoms with Crippen LogP contribution in [0.1, 0.15) is 71.1 Å². The molecule has 1 rings (SSSR count). The monoisotopic (exact) mass is 363 g/mol. The quantitative estimate of drug-likeness (QED) is 0.239. The Morgan fingerprint density at radius 1 is 1.12 bits per heavy atom. The van der Waals surface area contributed by atoms with E-state index < -0.39 is 18.2 Å². The lowest BCUT2D eigenvalue weighted by molar-refractivity contribution is -0.122. The Hall–Kier alpha value is -0.730. The first kappa shape index (κ1) is 24.3. The van der Waals surface area contributed by atoms with Gasteiger partial charge in [0.15, 0.2) is 0 Å². The third-order valence-electron chi connectivity index (χ3n) is 4.68. The fourth-order valence-electron chi connectivity index (χ4n) is 3.28. The van der Waals surface area contributed by atoms with Crippen LogP contribution in [-0.2, 0) is 4.79 Å². The summed E-state index contributed by atoms with van der Waals surface area (Å²) in [6.45, 7) is 1.76. The summed E-state index contributed by atoms with van der Waals surface area (Å²) in [6.07, 6.45) is 8.27. The molecular formula is C18H37NO6. The van der Waals surface area contributed by atoms with E-state index in [-0.39, 0.29) is 25.2 Å². The van der Waals surface area contributed by atoms with Crippen molar-refractivity contribution in [3.8, 4) is 0 Å². The molecule has 0 unspecified atom stereocenters. The number of carboxylic acid groups (broad SMARTS) is 1. The molecule has 1 aliphatic heterocycles. The van der Waals surface area contributed by atoms with E-state index in [1.165, 1.54) is 38.5 Å². The molecule has 0 amide bonds. The van der Waals surface area contributed by atoms with Crippen molar-refractivity contribution < 1.29 is 30.3 Å². The maximum absolute atomic E-state index is 10.1. The highest BCUT2D eigenvalue weighted by molar-refractivity contribution is 5.32. The average molecular weight is 363 g/mol. The molecule has 6 N–H and O–H groups in total. The second kappa shape index (κ2) is 15.5. The number of aliphatic hydroxyl groups excluding tert-OH is 4. The lowest BCUT2D eigenvalue weighted by Crippen LogP contribution is -2.59. The van der Waals surface area contributed by atoms with Crippen molar-refractivity contribution in [3.05, 3.63) is 0 Å². The second-order valence-electron chi connectivity index (χ2n) is 6.85. The third kappa shape index (κ3) is 11.5. The van der Waals surface area contributed by atoms with Crippen molar-refractivity contribution in [2.24, 2.45) is 0 Å². The van der Waals surface area contributed by atoms with E-state index in [1.54, 1.807) is 0 Å². The summed E-state index contributed by atoms with van der Waals surface area (Å²) in [5.41, 5.74) is 0. The van der Waals surface area contributed by atoms with E-state index in [2.05, 4.69) is 12.2 Å². The van der Waals surface area contributed by atoms with Gasteiger partial charge in [0.25, 0.3) is 6.47 Å². The van der Waals surface area contributed by atoms with Gasteiger partial charge in [-0.1, -0.05) is 51.9 Å². The van der Waals surface area contributed by atoms with Crippen LogP contribution in [0.2, 0.25) is 0 Å². The van der Waals surface area contributed by atoms with Gasteiger partial charge in [0, 0.05) is 6.04 Å². The zero-order valence-corrected chi connectivity index (χ0v) is 15.4. The summed E-state index contributed by atoms with van der Waals surface area (Å²) in [5.74, 6) is 0. The van der Waals surface area contributed by atoms with Crippen molar-refractivity contribution >= 4 is 6.47 Å². The third-order valence-corrected chi connectivity index (χ3v) is 4.68. The van der Waals surface area contributed by atoms with Crippen LogP contribution >= 0.6 is 0 Å². The van der Waals surface area contributed by atoms with Crippen molar-refractivity contribution in [2.45, 2.75) is 102 Å². The number of hydrogen-bond donors (Lipinski definition) is 6. The van der Waals surface area contributed by atoms with Crippen LogP contribution in [0.3, 0.4) is 0 Å². The Morgan fingerprint density at radius 2 is 1.68 bits per heavy atom. The molecule has 0 aromatic rings. The molecular weight excluding hydrogens is 326 g/mol. The highest BCUT2D eigenvalue weighted by atomic mass is 16.3. The molecule has 1 saturated heterocycles. The van der Waals surface area contributed by atoms with Gasteiger partial charge in [-0.15, -0.1) is 0 Å². The molecule has 0 bridgehead atoms. The van der Waals surface area contributed by atoms with E-state index in [9.17, 15) is 20.4 Å². The van der Waals surface area contributed by atoms with E-state index in [0.29, 0.717) is 12.8 Å². The van der Waals surface area contributed by atoms with E-state index >= 15 is 0 Å². The van der Waals surface area contributed by atoms with Crippen molar-refractivity contribution in [3.63, 3.8) is 0 Å². The molecule has 7 heteroatoms. The van der Waals surface area contributed by atoms with Crippen LogP contribution in [0, 0.1) is 0 Å². The molecule has 1 aliphatic rings. The average Bonchev–Trinajstić information content (AvgIpc) is 2.58. The van der Waals surface area contributed by atoms with Crippen LogP contribution in [-0.4, -0.2) is 69.0 Å². The maximum Gasteiger partial charge on any atom is 0.290 e. The zero-order valence-electron chi connectivity index (χ0n) is 15.4. The minimum absolute atomic E-state index is 0.0462. The highest BCUT2D eigenvalue weighted by Gasteiger charge is 2.35. The Bertz CT molecular complexity index is 318. The van der Waals surface area contributed by atoms with Crippen LogP contribution in [0.4, 0.5) is 0 Å². The van der Waals surface area contributed by atoms with E-state index in [4.69, 9.17) is 9.90 Å². The molecule has 0 saturated carbocycles. The fourth-order valence-corrected chi connectivity index (χ4v) is 3.28. The van der Waals surface area contributed by atoms with Gasteiger partial charge >= 0.3 is 0 Å². The van der Waals surface area contributed by atoms with E-state index in [0.717, 1.165) is 12.8 Å². The first-order chi connectivity index (χ1) is 12.0. The number of piperidine rings is 1. The molecule has 25 heavy (non-hydrogen) atoms. The van der Waals surface area contributed by atoms with Gasteiger partial charge in [-0.3, -0.25) is 4.79 Å². The molecule has 150 valence electrons. The predicted octanol–water partition coefficient (Wildman–Crippen LogP) is 1.02. The van der Waals surface area contributed by atoms with Crippen LogP contribution in [0.25, 0.3) is 0 Å². The van der Waals surface area contributed by atoms with Crippen molar-refractivity contribution in [1.29, 1.82) is 0 Å². The lowest BCUT2D eigenvalue weighted by Gasteiger charge is -2.38. The topological polar surface area (TPSA) is 130 Å². The summed E-state index contributed by atoms with van der Waals surface area (Å²) in [7, 11) is 0. The van der Waals surface area contributed by atoms with Gasteiger partial charge in [-0.2, -0.15) is 0 Å². The summed E-state index contributed by atoms with van der Waals surface area (Å²) in [5, 5.41) is 48.8. The minimum atomic E-state index is -0.929. The molecule has 1 heterocycles. The van der Waals surface area contributed by atoms with Crippen LogP contribution < -0.4 is 5.32 Å². The first-order valence-electron chi connectivity index (χ1n) is 9.49. The van der Waals surface area contributed by atoms with Crippen LogP contribution in [0.5, 0.6) is 0 Å². The number of aliphatic hydroxyl groups is 4. The van der Waals surface area contributed by atoms with Gasteiger partial charge in [-0.05, 0) is 19.3 Å². The zero-order chi connectivity index (χ0) is 19.1. The van der Waals surface area contributed by atoms with Gasteiger partial charge in [0.2, 0.25) is 0 Å². The Morgan fingerprint density at radius 3 is 2.24 bits per heavy atom. The minimum Gasteiger partial charge on any atom is -0.483 e. The Balaban J connectivity index is 0.00000178. The van der Waals surface area contributed by atoms with Gasteiger partial charge in [0.05, 0.1) is 31.0 Å². The van der Waals surface area contributed by atoms with Gasteiger partial charge in [0.1, 0.15) is 0 Å². The van der Waals surface area contributed by atoms with E-state index in [1.807, 2.05) is 0 Å². The Labute approximate surface area is 151 Å². The smallest absolute Gasteiger partial charge is 0.290 e. The molecule has 0 aromatic heterocycles. The molecule has 0 aliphatic carbocycles. The van der Waals surface area contributed by atoms with Gasteiger partial charge in [-0.25, -0.2) is 0 Å². The number of hydrogen-bond acceptors (Lipinski definition) is 6. The summed E-state index contributed by atoms with van der Waals surface area (Å²) >= 11 is 0. The summed E-state index contributed by atoms with van der Waals surface area (Å²) in [4.78, 5) is 8.36. The van der Waals surface area contributed by atoms with Crippen LogP contribution in [0.15, 0.2) is 0 Å². The summed E-state index contributed by atoms with van der Waals surface area (Å²) < 4.78 is 0. The standard InChI is InChI=1S/C17H35NO4.CH2O2/c1-2-3-4-5-6-7-8-9-14(20)10-13-11-16(21)17(22)15(12-19)18-13;2-1-3/h13-22H,2-12H2,1H3;1H,(H,2,3)/t13-,14-,15+,16-,17-;/m1./s1. The fraction of sp³-hybridized carbons (Fsp3) is 0.944.